The second-order valence-corrected chi connectivity index (χ2v) is 8.73. The molecule has 0 saturated heterocycles. The maximum Gasteiger partial charge on any atom is 0.239 e. The molecule has 5 aromatic rings. The highest BCUT2D eigenvalue weighted by atomic mass is 19.3. The molecule has 0 bridgehead atoms. The van der Waals surface area contributed by atoms with Crippen LogP contribution < -0.4 is 5.32 Å². The predicted molar refractivity (Wildman–Crippen MR) is 136 cm³/mol. The highest BCUT2D eigenvalue weighted by Gasteiger charge is 2.26. The van der Waals surface area contributed by atoms with Crippen molar-refractivity contribution in [3.63, 3.8) is 0 Å². The van der Waals surface area contributed by atoms with Crippen molar-refractivity contribution in [3.05, 3.63) is 95.9 Å². The molecule has 0 unspecified atom stereocenters. The number of benzene rings is 1. The first-order valence-electron chi connectivity index (χ1n) is 11.7. The van der Waals surface area contributed by atoms with Gasteiger partial charge in [0.25, 0.3) is 0 Å². The molecule has 0 saturated carbocycles. The predicted octanol–water partition coefficient (Wildman–Crippen LogP) is 6.65. The molecule has 0 spiro atoms. The summed E-state index contributed by atoms with van der Waals surface area (Å²) in [6, 6.07) is 15.1. The third-order valence-corrected chi connectivity index (χ3v) is 6.12. The van der Waals surface area contributed by atoms with Crippen LogP contribution in [0.4, 0.5) is 23.4 Å². The second-order valence-electron chi connectivity index (χ2n) is 8.73. The van der Waals surface area contributed by atoms with Crippen molar-refractivity contribution < 1.29 is 22.4 Å². The Morgan fingerprint density at radius 1 is 1.00 bits per heavy atom. The minimum absolute atomic E-state index is 0.120. The number of nitrogens with one attached hydrogen (secondary N) is 2. The molecule has 0 aliphatic carbocycles. The number of aromatic nitrogens is 4. The van der Waals surface area contributed by atoms with E-state index in [1.165, 1.54) is 18.3 Å². The number of hydrogen-bond donors (Lipinski definition) is 2. The molecule has 1 atom stereocenters. The standard InChI is InChI=1S/C28H21F4N5O/c1-15-12-21-26(37-27(15)32)24(20-4-2-3-10-33-20)25(35-21)17-9-11-34-23(13-17)36-28(38)19(14-22(30)31)16-5-7-18(29)8-6-16/h2-13,19,22,35H,14H2,1H3,(H,34,36,38)/t19-/m0/s1. The minimum atomic E-state index is -2.75. The van der Waals surface area contributed by atoms with E-state index < -0.39 is 36.4 Å². The molecule has 0 radical (unpaired) electrons. The number of fused-ring (bicyclic) bond motifs is 1. The van der Waals surface area contributed by atoms with E-state index in [0.717, 1.165) is 12.1 Å². The van der Waals surface area contributed by atoms with E-state index in [0.29, 0.717) is 39.1 Å². The quantitative estimate of drug-likeness (QED) is 0.186. The Balaban J connectivity index is 1.53. The van der Waals surface area contributed by atoms with Crippen molar-refractivity contribution in [2.45, 2.75) is 25.7 Å². The lowest BCUT2D eigenvalue weighted by Gasteiger charge is -2.17. The third-order valence-electron chi connectivity index (χ3n) is 6.12. The van der Waals surface area contributed by atoms with Crippen LogP contribution in [0.15, 0.2) is 73.1 Å². The Bertz CT molecular complexity index is 1600. The summed E-state index contributed by atoms with van der Waals surface area (Å²) >= 11 is 0. The van der Waals surface area contributed by atoms with E-state index >= 15 is 0 Å². The molecule has 1 aromatic carbocycles. The number of rotatable bonds is 7. The fourth-order valence-electron chi connectivity index (χ4n) is 4.30. The summed E-state index contributed by atoms with van der Waals surface area (Å²) in [5, 5.41) is 2.60. The summed E-state index contributed by atoms with van der Waals surface area (Å²) in [7, 11) is 0. The molecule has 1 amide bonds. The number of H-pyrrole nitrogens is 1. The molecule has 38 heavy (non-hydrogen) atoms. The number of nitrogens with zero attached hydrogens (tertiary/aromatic N) is 3. The monoisotopic (exact) mass is 519 g/mol. The van der Waals surface area contributed by atoms with E-state index in [2.05, 4.69) is 25.3 Å². The lowest BCUT2D eigenvalue weighted by atomic mass is 9.95. The van der Waals surface area contributed by atoms with Crippen molar-refractivity contribution in [1.29, 1.82) is 0 Å². The fourth-order valence-corrected chi connectivity index (χ4v) is 4.30. The van der Waals surface area contributed by atoms with Crippen LogP contribution in [0.5, 0.6) is 0 Å². The molecule has 0 fully saturated rings. The van der Waals surface area contributed by atoms with Crippen LogP contribution >= 0.6 is 0 Å². The Labute approximate surface area is 214 Å². The van der Waals surface area contributed by atoms with Crippen LogP contribution in [0.3, 0.4) is 0 Å². The molecular formula is C28H21F4N5O. The van der Waals surface area contributed by atoms with Gasteiger partial charge in [-0.1, -0.05) is 18.2 Å². The van der Waals surface area contributed by atoms with Crippen LogP contribution in [0.1, 0.15) is 23.5 Å². The number of hydrogen-bond acceptors (Lipinski definition) is 4. The number of halogens is 4. The van der Waals surface area contributed by atoms with Crippen molar-refractivity contribution in [1.82, 2.24) is 19.9 Å². The minimum Gasteiger partial charge on any atom is -0.353 e. The average molecular weight is 520 g/mol. The van der Waals surface area contributed by atoms with Crippen LogP contribution in [-0.4, -0.2) is 32.3 Å². The van der Waals surface area contributed by atoms with Gasteiger partial charge >= 0.3 is 0 Å². The summed E-state index contributed by atoms with van der Waals surface area (Å²) in [5.41, 5.74) is 3.87. The number of anilines is 1. The van der Waals surface area contributed by atoms with Crippen LogP contribution in [0.2, 0.25) is 0 Å². The lowest BCUT2D eigenvalue weighted by molar-refractivity contribution is -0.118. The van der Waals surface area contributed by atoms with Gasteiger partial charge in [0.15, 0.2) is 0 Å². The Morgan fingerprint density at radius 3 is 2.50 bits per heavy atom. The summed E-state index contributed by atoms with van der Waals surface area (Å²) in [6.07, 6.45) is -0.421. The first kappa shape index (κ1) is 25.1. The van der Waals surface area contributed by atoms with Gasteiger partial charge in [0.2, 0.25) is 18.3 Å². The molecule has 0 aliphatic heterocycles. The molecule has 5 rings (SSSR count). The Kier molecular flexibility index (Phi) is 6.87. The summed E-state index contributed by atoms with van der Waals surface area (Å²) in [6.45, 7) is 1.61. The molecule has 4 heterocycles. The fraction of sp³-hybridized carbons (Fsp3) is 0.143. The van der Waals surface area contributed by atoms with E-state index in [1.807, 2.05) is 0 Å². The number of amides is 1. The number of aromatic amines is 1. The van der Waals surface area contributed by atoms with Gasteiger partial charge in [-0.05, 0) is 55.0 Å². The molecular weight excluding hydrogens is 498 g/mol. The molecule has 0 aliphatic rings. The van der Waals surface area contributed by atoms with Gasteiger partial charge in [-0.25, -0.2) is 23.1 Å². The maximum atomic E-state index is 14.4. The first-order chi connectivity index (χ1) is 18.3. The van der Waals surface area contributed by atoms with E-state index in [-0.39, 0.29) is 11.4 Å². The Hall–Kier alpha value is -4.60. The van der Waals surface area contributed by atoms with Gasteiger partial charge < -0.3 is 10.3 Å². The van der Waals surface area contributed by atoms with Gasteiger partial charge in [0.1, 0.15) is 17.2 Å². The number of carbonyl (C=O) groups excluding carboxylic acids is 1. The topological polar surface area (TPSA) is 83.6 Å². The van der Waals surface area contributed by atoms with Gasteiger partial charge in [-0.3, -0.25) is 9.78 Å². The van der Waals surface area contributed by atoms with E-state index in [1.54, 1.807) is 49.5 Å². The van der Waals surface area contributed by atoms with Crippen molar-refractivity contribution in [2.24, 2.45) is 0 Å². The van der Waals surface area contributed by atoms with E-state index in [4.69, 9.17) is 0 Å². The molecule has 10 heteroatoms. The maximum absolute atomic E-state index is 14.4. The number of pyridine rings is 3. The summed E-state index contributed by atoms with van der Waals surface area (Å²) < 4.78 is 54.3. The highest BCUT2D eigenvalue weighted by Crippen LogP contribution is 2.37. The zero-order valence-corrected chi connectivity index (χ0v) is 20.1. The molecule has 2 N–H and O–H groups in total. The lowest BCUT2D eigenvalue weighted by Crippen LogP contribution is -2.23. The van der Waals surface area contributed by atoms with Crippen molar-refractivity contribution >= 4 is 22.8 Å². The van der Waals surface area contributed by atoms with Gasteiger partial charge in [-0.2, -0.15) is 4.39 Å². The van der Waals surface area contributed by atoms with Crippen LogP contribution in [-0.2, 0) is 4.79 Å². The van der Waals surface area contributed by atoms with Crippen LogP contribution in [0.25, 0.3) is 33.5 Å². The van der Waals surface area contributed by atoms with Crippen molar-refractivity contribution in [2.75, 3.05) is 5.32 Å². The van der Waals surface area contributed by atoms with E-state index in [9.17, 15) is 22.4 Å². The van der Waals surface area contributed by atoms with Gasteiger partial charge in [-0.15, -0.1) is 0 Å². The molecule has 6 nitrogen and oxygen atoms in total. The normalized spacial score (nSPS) is 12.2. The molecule has 4 aromatic heterocycles. The summed E-state index contributed by atoms with van der Waals surface area (Å²) in [4.78, 5) is 29.0. The second kappa shape index (κ2) is 10.4. The SMILES string of the molecule is Cc1cc2[nH]c(-c3ccnc(NC(=O)[C@@H](CC(F)F)c4ccc(F)cc4)c3)c(-c3ccccn3)c2nc1F. The van der Waals surface area contributed by atoms with Crippen LogP contribution in [0, 0.1) is 18.7 Å². The van der Waals surface area contributed by atoms with Crippen molar-refractivity contribution in [3.8, 4) is 22.5 Å². The smallest absolute Gasteiger partial charge is 0.239 e. The number of carbonyl (C=O) groups is 1. The number of alkyl halides is 2. The number of aryl methyl sites for hydroxylation is 1. The van der Waals surface area contributed by atoms with Gasteiger partial charge in [0.05, 0.1) is 28.4 Å². The third kappa shape index (κ3) is 5.10. The zero-order chi connectivity index (χ0) is 26.8. The zero-order valence-electron chi connectivity index (χ0n) is 20.1. The molecule has 192 valence electrons. The first-order valence-corrected chi connectivity index (χ1v) is 11.7. The largest absolute Gasteiger partial charge is 0.353 e. The van der Waals surface area contributed by atoms with Gasteiger partial charge in [0, 0.05) is 29.9 Å². The average Bonchev–Trinajstić information content (AvgIpc) is 3.26. The summed E-state index contributed by atoms with van der Waals surface area (Å²) in [5.74, 6) is -2.94. The highest BCUT2D eigenvalue weighted by molar-refractivity contribution is 6.01. The Morgan fingerprint density at radius 2 is 1.79 bits per heavy atom.